The van der Waals surface area contributed by atoms with Gasteiger partial charge in [0.2, 0.25) is 0 Å². The molecule has 0 amide bonds. The molecular formula is C12H19NO2S. The quantitative estimate of drug-likeness (QED) is 0.861. The van der Waals surface area contributed by atoms with Gasteiger partial charge in [-0.15, -0.1) is 11.3 Å². The summed E-state index contributed by atoms with van der Waals surface area (Å²) >= 11 is 1.72. The Bertz CT molecular complexity index is 383. The molecular weight excluding hydrogens is 222 g/mol. The van der Waals surface area contributed by atoms with E-state index in [0.29, 0.717) is 13.2 Å². The molecule has 0 aromatic carbocycles. The molecule has 90 valence electrons. The van der Waals surface area contributed by atoms with E-state index in [0.717, 1.165) is 10.7 Å². The first-order valence-electron chi connectivity index (χ1n) is 5.56. The van der Waals surface area contributed by atoms with E-state index in [1.165, 1.54) is 4.88 Å². The fraction of sp³-hybridized carbons (Fsp3) is 0.750. The number of aromatic nitrogens is 1. The average molecular weight is 241 g/mol. The second-order valence-corrected chi connectivity index (χ2v) is 6.61. The van der Waals surface area contributed by atoms with Crippen LogP contribution in [0.5, 0.6) is 0 Å². The van der Waals surface area contributed by atoms with Gasteiger partial charge < -0.3 is 9.84 Å². The van der Waals surface area contributed by atoms with Crippen LogP contribution in [0.3, 0.4) is 0 Å². The van der Waals surface area contributed by atoms with Crippen LogP contribution in [0.25, 0.3) is 0 Å². The SMILES string of the molecule is Cc1nc(C(C)(C)C)sc1C1(CO)COC1. The molecule has 16 heavy (non-hydrogen) atoms. The maximum atomic E-state index is 9.53. The van der Waals surface area contributed by atoms with Gasteiger partial charge in [0.05, 0.1) is 35.9 Å². The van der Waals surface area contributed by atoms with Crippen molar-refractivity contribution in [2.24, 2.45) is 0 Å². The Morgan fingerprint density at radius 1 is 1.44 bits per heavy atom. The highest BCUT2D eigenvalue weighted by atomic mass is 32.1. The third-order valence-electron chi connectivity index (χ3n) is 2.98. The van der Waals surface area contributed by atoms with Crippen LogP contribution in [0, 0.1) is 6.92 Å². The summed E-state index contributed by atoms with van der Waals surface area (Å²) in [7, 11) is 0. The first kappa shape index (κ1) is 12.0. The van der Waals surface area contributed by atoms with E-state index in [9.17, 15) is 5.11 Å². The monoisotopic (exact) mass is 241 g/mol. The summed E-state index contributed by atoms with van der Waals surface area (Å²) in [6.45, 7) is 9.91. The zero-order chi connectivity index (χ0) is 12.0. The Morgan fingerprint density at radius 3 is 2.38 bits per heavy atom. The minimum Gasteiger partial charge on any atom is -0.395 e. The first-order valence-corrected chi connectivity index (χ1v) is 6.38. The smallest absolute Gasteiger partial charge is 0.0984 e. The third kappa shape index (κ3) is 1.79. The molecule has 0 radical (unpaired) electrons. The summed E-state index contributed by atoms with van der Waals surface area (Å²) < 4.78 is 5.25. The van der Waals surface area contributed by atoms with Gasteiger partial charge in [0.15, 0.2) is 0 Å². The van der Waals surface area contributed by atoms with E-state index in [1.54, 1.807) is 11.3 Å². The lowest BCUT2D eigenvalue weighted by Crippen LogP contribution is -2.49. The van der Waals surface area contributed by atoms with Gasteiger partial charge in [-0.05, 0) is 6.92 Å². The molecule has 0 atom stereocenters. The number of hydrogen-bond acceptors (Lipinski definition) is 4. The van der Waals surface area contributed by atoms with Crippen molar-refractivity contribution in [3.05, 3.63) is 15.6 Å². The lowest BCUT2D eigenvalue weighted by Gasteiger charge is -2.39. The minimum absolute atomic E-state index is 0.0783. The molecule has 0 bridgehead atoms. The van der Waals surface area contributed by atoms with Gasteiger partial charge in [-0.3, -0.25) is 0 Å². The molecule has 2 rings (SSSR count). The fourth-order valence-corrected chi connectivity index (χ4v) is 3.13. The van der Waals surface area contributed by atoms with Gasteiger partial charge in [0, 0.05) is 10.3 Å². The molecule has 1 N–H and O–H groups in total. The van der Waals surface area contributed by atoms with Crippen LogP contribution >= 0.6 is 11.3 Å². The van der Waals surface area contributed by atoms with Gasteiger partial charge in [0.25, 0.3) is 0 Å². The van der Waals surface area contributed by atoms with Crippen molar-refractivity contribution in [1.82, 2.24) is 4.98 Å². The maximum Gasteiger partial charge on any atom is 0.0984 e. The summed E-state index contributed by atoms with van der Waals surface area (Å²) in [5.41, 5.74) is 0.951. The number of aliphatic hydroxyl groups is 1. The van der Waals surface area contributed by atoms with Crippen LogP contribution in [0.1, 0.15) is 36.3 Å². The van der Waals surface area contributed by atoms with Gasteiger partial charge in [-0.25, -0.2) is 4.98 Å². The zero-order valence-corrected chi connectivity index (χ0v) is 11.1. The summed E-state index contributed by atoms with van der Waals surface area (Å²) in [6.07, 6.45) is 0. The second-order valence-electron chi connectivity index (χ2n) is 5.61. The standard InChI is InChI=1S/C12H19NO2S/c1-8-9(12(5-14)6-15-7-12)16-10(13-8)11(2,3)4/h14H,5-7H2,1-4H3. The number of aryl methyl sites for hydroxylation is 1. The van der Waals surface area contributed by atoms with E-state index >= 15 is 0 Å². The van der Waals surface area contributed by atoms with E-state index in [1.807, 2.05) is 6.92 Å². The van der Waals surface area contributed by atoms with E-state index < -0.39 is 0 Å². The first-order chi connectivity index (χ1) is 7.39. The Hall–Kier alpha value is -0.450. The molecule has 1 aromatic heterocycles. The molecule has 1 aliphatic heterocycles. The van der Waals surface area contributed by atoms with Crippen molar-refractivity contribution in [2.45, 2.75) is 38.5 Å². The van der Waals surface area contributed by atoms with Crippen LogP contribution in [0.4, 0.5) is 0 Å². The highest BCUT2D eigenvalue weighted by Gasteiger charge is 2.43. The van der Waals surface area contributed by atoms with Crippen molar-refractivity contribution < 1.29 is 9.84 Å². The van der Waals surface area contributed by atoms with E-state index in [2.05, 4.69) is 25.8 Å². The molecule has 0 aliphatic carbocycles. The Kier molecular flexibility index (Phi) is 2.85. The highest BCUT2D eigenvalue weighted by molar-refractivity contribution is 7.12. The van der Waals surface area contributed by atoms with Gasteiger partial charge in [-0.2, -0.15) is 0 Å². The number of nitrogens with zero attached hydrogens (tertiary/aromatic N) is 1. The van der Waals surface area contributed by atoms with Crippen LogP contribution < -0.4 is 0 Å². The van der Waals surface area contributed by atoms with Crippen molar-refractivity contribution in [3.63, 3.8) is 0 Å². The number of thiazole rings is 1. The average Bonchev–Trinajstić information content (AvgIpc) is 2.47. The molecule has 1 aromatic rings. The van der Waals surface area contributed by atoms with Crippen LogP contribution in [0.15, 0.2) is 0 Å². The second kappa shape index (κ2) is 3.79. The number of aliphatic hydroxyl groups excluding tert-OH is 1. The number of hydrogen-bond donors (Lipinski definition) is 1. The topological polar surface area (TPSA) is 42.4 Å². The summed E-state index contributed by atoms with van der Waals surface area (Å²) in [5, 5.41) is 10.7. The maximum absolute atomic E-state index is 9.53. The van der Waals surface area contributed by atoms with Crippen LogP contribution in [0.2, 0.25) is 0 Å². The Balaban J connectivity index is 2.39. The Labute approximate surface area is 100 Å². The molecule has 1 aliphatic rings. The summed E-state index contributed by atoms with van der Waals surface area (Å²) in [6, 6.07) is 0. The third-order valence-corrected chi connectivity index (χ3v) is 4.81. The lowest BCUT2D eigenvalue weighted by molar-refractivity contribution is -0.0827. The van der Waals surface area contributed by atoms with Crippen molar-refractivity contribution >= 4 is 11.3 Å². The molecule has 4 heteroatoms. The highest BCUT2D eigenvalue weighted by Crippen LogP contribution is 2.40. The minimum atomic E-state index is -0.175. The van der Waals surface area contributed by atoms with Crippen LogP contribution in [-0.4, -0.2) is 29.9 Å². The Morgan fingerprint density at radius 2 is 2.06 bits per heavy atom. The molecule has 1 saturated heterocycles. The van der Waals surface area contributed by atoms with Crippen molar-refractivity contribution in [1.29, 1.82) is 0 Å². The normalized spacial score (nSPS) is 19.6. The predicted molar refractivity (Wildman–Crippen MR) is 65.1 cm³/mol. The lowest BCUT2D eigenvalue weighted by atomic mass is 9.84. The summed E-state index contributed by atoms with van der Waals surface area (Å²) in [4.78, 5) is 5.83. The molecule has 0 saturated carbocycles. The zero-order valence-electron chi connectivity index (χ0n) is 10.3. The molecule has 0 spiro atoms. The van der Waals surface area contributed by atoms with Gasteiger partial charge in [0.1, 0.15) is 0 Å². The molecule has 0 unspecified atom stereocenters. The van der Waals surface area contributed by atoms with Gasteiger partial charge >= 0.3 is 0 Å². The molecule has 1 fully saturated rings. The van der Waals surface area contributed by atoms with E-state index in [4.69, 9.17) is 4.74 Å². The predicted octanol–water partition coefficient (Wildman–Crippen LogP) is 2.01. The fourth-order valence-electron chi connectivity index (χ4n) is 1.85. The number of ether oxygens (including phenoxy) is 1. The van der Waals surface area contributed by atoms with Crippen LogP contribution in [-0.2, 0) is 15.6 Å². The van der Waals surface area contributed by atoms with Crippen molar-refractivity contribution in [3.8, 4) is 0 Å². The number of rotatable bonds is 2. The molecule has 3 nitrogen and oxygen atoms in total. The largest absolute Gasteiger partial charge is 0.395 e. The summed E-state index contributed by atoms with van der Waals surface area (Å²) in [5.74, 6) is 0. The molecule has 2 heterocycles. The van der Waals surface area contributed by atoms with E-state index in [-0.39, 0.29) is 17.4 Å². The van der Waals surface area contributed by atoms with Gasteiger partial charge in [-0.1, -0.05) is 20.8 Å². The van der Waals surface area contributed by atoms with Crippen molar-refractivity contribution in [2.75, 3.05) is 19.8 Å².